The van der Waals surface area contributed by atoms with E-state index in [1.807, 2.05) is 24.0 Å². The number of carbonyl (C=O) groups is 2. The Morgan fingerprint density at radius 2 is 1.87 bits per heavy atom. The molecule has 2 aromatic heterocycles. The summed E-state index contributed by atoms with van der Waals surface area (Å²) in [7, 11) is 0. The van der Waals surface area contributed by atoms with Crippen LogP contribution in [0.3, 0.4) is 0 Å². The third-order valence-electron chi connectivity index (χ3n) is 4.82. The van der Waals surface area contributed by atoms with Crippen molar-refractivity contribution < 1.29 is 14.0 Å². The van der Waals surface area contributed by atoms with E-state index < -0.39 is 5.95 Å². The molecule has 0 spiro atoms. The van der Waals surface area contributed by atoms with Gasteiger partial charge in [-0.3, -0.25) is 14.5 Å². The first kappa shape index (κ1) is 21.6. The summed E-state index contributed by atoms with van der Waals surface area (Å²) in [6, 6.07) is 7.09. The number of pyridine rings is 2. The Hall–Kier alpha value is -3.07. The van der Waals surface area contributed by atoms with E-state index in [0.29, 0.717) is 31.0 Å². The van der Waals surface area contributed by atoms with Crippen LogP contribution in [-0.2, 0) is 16.1 Å². The first-order valence-electron chi connectivity index (χ1n) is 10.1. The van der Waals surface area contributed by atoms with Gasteiger partial charge in [0.15, 0.2) is 0 Å². The van der Waals surface area contributed by atoms with Crippen molar-refractivity contribution in [1.82, 2.24) is 14.9 Å². The summed E-state index contributed by atoms with van der Waals surface area (Å²) in [6.45, 7) is 6.93. The second-order valence-electron chi connectivity index (χ2n) is 7.30. The number of carbonyl (C=O) groups excluding carboxylic acids is 2. The first-order valence-corrected chi connectivity index (χ1v) is 10.1. The van der Waals surface area contributed by atoms with E-state index in [1.54, 1.807) is 18.3 Å². The third kappa shape index (κ3) is 5.96. The van der Waals surface area contributed by atoms with Gasteiger partial charge in [-0.05, 0) is 36.2 Å². The van der Waals surface area contributed by atoms with E-state index in [9.17, 15) is 14.0 Å². The van der Waals surface area contributed by atoms with E-state index in [-0.39, 0.29) is 17.6 Å². The predicted molar refractivity (Wildman–Crippen MR) is 114 cm³/mol. The van der Waals surface area contributed by atoms with Crippen LogP contribution in [0.2, 0.25) is 0 Å². The highest BCUT2D eigenvalue weighted by Crippen LogP contribution is 2.22. The fourth-order valence-electron chi connectivity index (χ4n) is 3.39. The number of aromatic nitrogens is 2. The molecule has 0 aliphatic carbocycles. The van der Waals surface area contributed by atoms with E-state index in [4.69, 9.17) is 0 Å². The zero-order chi connectivity index (χ0) is 21.5. The number of halogens is 1. The molecule has 3 heterocycles. The highest BCUT2D eigenvalue weighted by Gasteiger charge is 2.20. The standard InChI is InChI=1S/C21H27FN6O2/c1-3-4-20(30)25-19-13-16(7-8-23-19)14-27-9-11-28(12-10-27)17-5-6-18(24-15(2)29)26-21(17)22/h5-8,13H,3-4,9-12,14H2,1-2H3,(H,23,25,30)(H,24,26,29). The molecule has 3 rings (SSSR count). The molecule has 30 heavy (non-hydrogen) atoms. The molecular formula is C21H27FN6O2. The quantitative estimate of drug-likeness (QED) is 0.677. The van der Waals surface area contributed by atoms with Crippen molar-refractivity contribution >= 4 is 29.1 Å². The van der Waals surface area contributed by atoms with Crippen LogP contribution in [0.4, 0.5) is 21.7 Å². The molecule has 1 saturated heterocycles. The number of hydrogen-bond acceptors (Lipinski definition) is 6. The second-order valence-corrected chi connectivity index (χ2v) is 7.30. The zero-order valence-electron chi connectivity index (χ0n) is 17.3. The molecule has 0 bridgehead atoms. The molecule has 0 radical (unpaired) electrons. The van der Waals surface area contributed by atoms with E-state index in [0.717, 1.165) is 31.6 Å². The first-order chi connectivity index (χ1) is 14.4. The Labute approximate surface area is 175 Å². The SMILES string of the molecule is CCCC(=O)Nc1cc(CN2CCN(c3ccc(NC(C)=O)nc3F)CC2)ccn1. The molecular weight excluding hydrogens is 387 g/mol. The van der Waals surface area contributed by atoms with Crippen molar-refractivity contribution in [3.8, 4) is 0 Å². The topological polar surface area (TPSA) is 90.5 Å². The lowest BCUT2D eigenvalue weighted by Gasteiger charge is -2.36. The van der Waals surface area contributed by atoms with E-state index >= 15 is 0 Å². The van der Waals surface area contributed by atoms with Gasteiger partial charge < -0.3 is 15.5 Å². The Morgan fingerprint density at radius 3 is 2.53 bits per heavy atom. The predicted octanol–water partition coefficient (Wildman–Crippen LogP) is 2.63. The number of anilines is 3. The Morgan fingerprint density at radius 1 is 1.10 bits per heavy atom. The van der Waals surface area contributed by atoms with Crippen molar-refractivity contribution in [2.45, 2.75) is 33.2 Å². The average molecular weight is 414 g/mol. The molecule has 0 atom stereocenters. The maximum absolute atomic E-state index is 14.4. The van der Waals surface area contributed by atoms with Gasteiger partial charge in [0.1, 0.15) is 11.6 Å². The van der Waals surface area contributed by atoms with Gasteiger partial charge in [-0.15, -0.1) is 0 Å². The summed E-state index contributed by atoms with van der Waals surface area (Å²) in [5.74, 6) is -0.126. The van der Waals surface area contributed by atoms with Crippen LogP contribution in [0.5, 0.6) is 0 Å². The lowest BCUT2D eigenvalue weighted by molar-refractivity contribution is -0.116. The molecule has 1 aliphatic rings. The fraction of sp³-hybridized carbons (Fsp3) is 0.429. The van der Waals surface area contributed by atoms with Crippen LogP contribution in [0, 0.1) is 5.95 Å². The van der Waals surface area contributed by atoms with Gasteiger partial charge in [0.2, 0.25) is 17.8 Å². The van der Waals surface area contributed by atoms with Crippen LogP contribution in [0.15, 0.2) is 30.5 Å². The summed E-state index contributed by atoms with van der Waals surface area (Å²) >= 11 is 0. The maximum Gasteiger partial charge on any atom is 0.238 e. The number of nitrogens with one attached hydrogen (secondary N) is 2. The van der Waals surface area contributed by atoms with Gasteiger partial charge in [-0.25, -0.2) is 9.97 Å². The van der Waals surface area contributed by atoms with E-state index in [2.05, 4.69) is 25.5 Å². The molecule has 2 N–H and O–H groups in total. The largest absolute Gasteiger partial charge is 0.365 e. The monoisotopic (exact) mass is 414 g/mol. The third-order valence-corrected chi connectivity index (χ3v) is 4.82. The molecule has 8 nitrogen and oxygen atoms in total. The van der Waals surface area contributed by atoms with Gasteiger partial charge in [0.05, 0.1) is 5.69 Å². The number of rotatable bonds is 7. The minimum absolute atomic E-state index is 0.0316. The lowest BCUT2D eigenvalue weighted by Crippen LogP contribution is -2.46. The number of amides is 2. The maximum atomic E-state index is 14.4. The van der Waals surface area contributed by atoms with Crippen LogP contribution >= 0.6 is 0 Å². The van der Waals surface area contributed by atoms with E-state index in [1.165, 1.54) is 6.92 Å². The highest BCUT2D eigenvalue weighted by atomic mass is 19.1. The van der Waals surface area contributed by atoms with Crippen molar-refractivity contribution in [2.24, 2.45) is 0 Å². The van der Waals surface area contributed by atoms with Crippen LogP contribution in [0.25, 0.3) is 0 Å². The average Bonchev–Trinajstić information content (AvgIpc) is 2.69. The molecule has 0 unspecified atom stereocenters. The Balaban J connectivity index is 1.55. The molecule has 9 heteroatoms. The molecule has 1 fully saturated rings. The van der Waals surface area contributed by atoms with Crippen molar-refractivity contribution in [3.05, 3.63) is 42.0 Å². The normalized spacial score (nSPS) is 14.4. The number of nitrogens with zero attached hydrogens (tertiary/aromatic N) is 4. The highest BCUT2D eigenvalue weighted by molar-refractivity contribution is 5.89. The smallest absolute Gasteiger partial charge is 0.238 e. The summed E-state index contributed by atoms with van der Waals surface area (Å²) in [5, 5.41) is 5.31. The van der Waals surface area contributed by atoms with Crippen LogP contribution < -0.4 is 15.5 Å². The Kier molecular flexibility index (Phi) is 7.29. The summed E-state index contributed by atoms with van der Waals surface area (Å²) in [5.41, 5.74) is 1.51. The van der Waals surface area contributed by atoms with Crippen LogP contribution in [-0.4, -0.2) is 52.9 Å². The second kappa shape index (κ2) is 10.1. The molecule has 0 aromatic carbocycles. The molecule has 1 aliphatic heterocycles. The van der Waals surface area contributed by atoms with Gasteiger partial charge in [-0.1, -0.05) is 6.92 Å². The Bertz CT molecular complexity index is 899. The zero-order valence-corrected chi connectivity index (χ0v) is 17.3. The van der Waals surface area contributed by atoms with Crippen molar-refractivity contribution in [3.63, 3.8) is 0 Å². The summed E-state index contributed by atoms with van der Waals surface area (Å²) in [6.07, 6.45) is 2.97. The minimum Gasteiger partial charge on any atom is -0.365 e. The molecule has 0 saturated carbocycles. The molecule has 160 valence electrons. The van der Waals surface area contributed by atoms with Gasteiger partial charge >= 0.3 is 0 Å². The lowest BCUT2D eigenvalue weighted by atomic mass is 10.2. The minimum atomic E-state index is -0.587. The van der Waals surface area contributed by atoms with Crippen molar-refractivity contribution in [2.75, 3.05) is 41.7 Å². The fourth-order valence-corrected chi connectivity index (χ4v) is 3.39. The van der Waals surface area contributed by atoms with Crippen molar-refractivity contribution in [1.29, 1.82) is 0 Å². The van der Waals surface area contributed by atoms with Gasteiger partial charge in [0.25, 0.3) is 0 Å². The van der Waals surface area contributed by atoms with Gasteiger partial charge in [0, 0.05) is 52.3 Å². The summed E-state index contributed by atoms with van der Waals surface area (Å²) in [4.78, 5) is 35.1. The van der Waals surface area contributed by atoms with Gasteiger partial charge in [-0.2, -0.15) is 4.39 Å². The van der Waals surface area contributed by atoms with Crippen LogP contribution in [0.1, 0.15) is 32.3 Å². The number of piperazine rings is 1. The summed E-state index contributed by atoms with van der Waals surface area (Å²) < 4.78 is 14.4. The molecule has 2 amide bonds. The molecule has 2 aromatic rings. The number of hydrogen-bond donors (Lipinski definition) is 2.